The molecule has 34 heavy (non-hydrogen) atoms. The summed E-state index contributed by atoms with van der Waals surface area (Å²) in [6, 6.07) is -0.319. The molecule has 0 bridgehead atoms. The molecule has 0 radical (unpaired) electrons. The molecule has 5 aliphatic rings. The van der Waals surface area contributed by atoms with Gasteiger partial charge < -0.3 is 9.80 Å². The first-order valence-corrected chi connectivity index (χ1v) is 14.5. The van der Waals surface area contributed by atoms with Crippen LogP contribution in [0, 0.1) is 5.92 Å². The maximum atomic E-state index is 13.6. The van der Waals surface area contributed by atoms with E-state index in [1.807, 2.05) is 18.7 Å². The molecule has 3 heterocycles. The number of hydrogen-bond acceptors (Lipinski definition) is 7. The monoisotopic (exact) mass is 497 g/mol. The van der Waals surface area contributed by atoms with Crippen molar-refractivity contribution >= 4 is 22.0 Å². The van der Waals surface area contributed by atoms with E-state index in [1.54, 1.807) is 0 Å². The summed E-state index contributed by atoms with van der Waals surface area (Å²) in [5.74, 6) is -0.737. The predicted octanol–water partition coefficient (Wildman–Crippen LogP) is 1.04. The Morgan fingerprint density at radius 2 is 1.85 bits per heavy atom. The Kier molecular flexibility index (Phi) is 6.69. The van der Waals surface area contributed by atoms with Crippen LogP contribution in [0.3, 0.4) is 0 Å². The van der Waals surface area contributed by atoms with Crippen molar-refractivity contribution in [3.8, 4) is 0 Å². The molecule has 192 valence electrons. The van der Waals surface area contributed by atoms with Gasteiger partial charge >= 0.3 is 6.03 Å². The molecule has 2 saturated carbocycles. The maximum Gasteiger partial charge on any atom is 0.327 e. The Bertz CT molecular complexity index is 903. The van der Waals surface area contributed by atoms with Gasteiger partial charge in [0.15, 0.2) is 0 Å². The van der Waals surface area contributed by atoms with Crippen molar-refractivity contribution in [3.05, 3.63) is 0 Å². The van der Waals surface area contributed by atoms with E-state index >= 15 is 0 Å². The van der Waals surface area contributed by atoms with Crippen molar-refractivity contribution in [2.75, 3.05) is 32.7 Å². The predicted molar refractivity (Wildman–Crippen MR) is 126 cm³/mol. The van der Waals surface area contributed by atoms with Crippen LogP contribution in [0.2, 0.25) is 0 Å². The van der Waals surface area contributed by atoms with E-state index in [0.717, 1.165) is 38.9 Å². The summed E-state index contributed by atoms with van der Waals surface area (Å²) in [6.07, 6.45) is 5.81. The van der Waals surface area contributed by atoms with Gasteiger partial charge in [0.05, 0.1) is 23.8 Å². The molecule has 10 nitrogen and oxygen atoms in total. The number of carbonyl (C=O) groups is 2. The second-order valence-corrected chi connectivity index (χ2v) is 13.2. The Hall–Kier alpha value is -1.27. The number of imide groups is 1. The molecule has 3 amide bonds. The fourth-order valence-electron chi connectivity index (χ4n) is 6.05. The highest BCUT2D eigenvalue weighted by Gasteiger charge is 2.52. The average Bonchev–Trinajstić information content (AvgIpc) is 3.17. The summed E-state index contributed by atoms with van der Waals surface area (Å²) in [4.78, 5) is 38.3. The third-order valence-electron chi connectivity index (χ3n) is 8.35. The van der Waals surface area contributed by atoms with Gasteiger partial charge in [-0.25, -0.2) is 17.9 Å². The topological polar surface area (TPSA) is 111 Å². The SMILES string of the molecule is CC1CC(CN2C(=O)C3CC(S(=O)(=O)NC4(C)CC4)CCC3N(CCN3CCCC3)C2=O)ON1. The van der Waals surface area contributed by atoms with Gasteiger partial charge in [-0.1, -0.05) is 0 Å². The van der Waals surface area contributed by atoms with E-state index in [4.69, 9.17) is 4.84 Å². The largest absolute Gasteiger partial charge is 0.327 e. The summed E-state index contributed by atoms with van der Waals surface area (Å²) in [5.41, 5.74) is 2.58. The van der Waals surface area contributed by atoms with Crippen molar-refractivity contribution in [2.45, 2.75) is 94.2 Å². The minimum absolute atomic E-state index is 0.165. The number of amides is 3. The van der Waals surface area contributed by atoms with E-state index in [0.29, 0.717) is 19.4 Å². The molecule has 0 spiro atoms. The van der Waals surface area contributed by atoms with Gasteiger partial charge in [0, 0.05) is 30.7 Å². The summed E-state index contributed by atoms with van der Waals surface area (Å²) in [7, 11) is -3.52. The smallest absolute Gasteiger partial charge is 0.319 e. The van der Waals surface area contributed by atoms with E-state index < -0.39 is 21.2 Å². The highest BCUT2D eigenvalue weighted by Crippen LogP contribution is 2.40. The van der Waals surface area contributed by atoms with Crippen LogP contribution < -0.4 is 10.2 Å². The van der Waals surface area contributed by atoms with Gasteiger partial charge in [0.1, 0.15) is 0 Å². The zero-order chi connectivity index (χ0) is 24.1. The number of likely N-dealkylation sites (tertiary alicyclic amines) is 1. The number of sulfonamides is 1. The lowest BCUT2D eigenvalue weighted by atomic mass is 9.80. The molecule has 5 atom stereocenters. The van der Waals surface area contributed by atoms with Gasteiger partial charge in [-0.15, -0.1) is 0 Å². The number of carbonyl (C=O) groups excluding carboxylic acids is 2. The van der Waals surface area contributed by atoms with E-state index in [-0.39, 0.29) is 48.6 Å². The Balaban J connectivity index is 1.33. The van der Waals surface area contributed by atoms with Crippen LogP contribution in [0.15, 0.2) is 0 Å². The molecule has 0 aromatic carbocycles. The van der Waals surface area contributed by atoms with Crippen molar-refractivity contribution in [1.82, 2.24) is 24.9 Å². The third kappa shape index (κ3) is 5.00. The summed E-state index contributed by atoms with van der Waals surface area (Å²) >= 11 is 0. The molecule has 5 fully saturated rings. The second kappa shape index (κ2) is 9.31. The molecule has 2 aliphatic carbocycles. The summed E-state index contributed by atoms with van der Waals surface area (Å²) in [5, 5.41) is -0.602. The molecule has 5 unspecified atom stereocenters. The molecule has 3 aliphatic heterocycles. The van der Waals surface area contributed by atoms with Crippen molar-refractivity contribution < 1.29 is 22.8 Å². The molecule has 2 N–H and O–H groups in total. The van der Waals surface area contributed by atoms with Gasteiger partial charge in [-0.3, -0.25) is 14.5 Å². The van der Waals surface area contributed by atoms with Gasteiger partial charge in [0.2, 0.25) is 15.9 Å². The lowest BCUT2D eigenvalue weighted by Gasteiger charge is -2.48. The average molecular weight is 498 g/mol. The first kappa shape index (κ1) is 24.4. The quantitative estimate of drug-likeness (QED) is 0.515. The van der Waals surface area contributed by atoms with Gasteiger partial charge in [-0.2, -0.15) is 5.48 Å². The third-order valence-corrected chi connectivity index (χ3v) is 10.4. The number of nitrogens with one attached hydrogen (secondary N) is 2. The Morgan fingerprint density at radius 1 is 1.12 bits per heavy atom. The molecular formula is C23H39N5O5S. The lowest BCUT2D eigenvalue weighted by molar-refractivity contribution is -0.142. The molecule has 11 heteroatoms. The first-order valence-electron chi connectivity index (χ1n) is 12.9. The molecule has 0 aromatic rings. The van der Waals surface area contributed by atoms with Gasteiger partial charge in [0.25, 0.3) is 0 Å². The minimum Gasteiger partial charge on any atom is -0.319 e. The highest BCUT2D eigenvalue weighted by atomic mass is 32.2. The molecule has 5 rings (SSSR count). The van der Waals surface area contributed by atoms with E-state index in [1.165, 1.54) is 17.7 Å². The second-order valence-electron chi connectivity index (χ2n) is 11.3. The van der Waals surface area contributed by atoms with Crippen LogP contribution in [0.5, 0.6) is 0 Å². The summed E-state index contributed by atoms with van der Waals surface area (Å²) in [6.45, 7) is 7.58. The first-order chi connectivity index (χ1) is 16.2. The number of nitrogens with zero attached hydrogens (tertiary/aromatic N) is 3. The number of hydrogen-bond donors (Lipinski definition) is 2. The highest BCUT2D eigenvalue weighted by molar-refractivity contribution is 7.90. The normalized spacial score (nSPS) is 36.2. The van der Waals surface area contributed by atoms with Crippen LogP contribution in [-0.4, -0.2) is 96.8 Å². The van der Waals surface area contributed by atoms with Crippen LogP contribution >= 0.6 is 0 Å². The van der Waals surface area contributed by atoms with Crippen LogP contribution in [0.1, 0.15) is 65.2 Å². The van der Waals surface area contributed by atoms with E-state index in [2.05, 4.69) is 15.1 Å². The number of urea groups is 1. The van der Waals surface area contributed by atoms with Crippen molar-refractivity contribution in [2.24, 2.45) is 5.92 Å². The fraction of sp³-hybridized carbons (Fsp3) is 0.913. The molecule has 0 aromatic heterocycles. The Labute approximate surface area is 202 Å². The number of hydroxylamine groups is 1. The van der Waals surface area contributed by atoms with Gasteiger partial charge in [-0.05, 0) is 78.3 Å². The van der Waals surface area contributed by atoms with Crippen LogP contribution in [-0.2, 0) is 19.7 Å². The zero-order valence-corrected chi connectivity index (χ0v) is 21.2. The van der Waals surface area contributed by atoms with Crippen LogP contribution in [0.25, 0.3) is 0 Å². The van der Waals surface area contributed by atoms with Crippen molar-refractivity contribution in [1.29, 1.82) is 0 Å². The lowest BCUT2D eigenvalue weighted by Crippen LogP contribution is -2.65. The van der Waals surface area contributed by atoms with E-state index in [9.17, 15) is 18.0 Å². The fourth-order valence-corrected chi connectivity index (χ4v) is 8.01. The Morgan fingerprint density at radius 3 is 2.50 bits per heavy atom. The van der Waals surface area contributed by atoms with Crippen LogP contribution in [0.4, 0.5) is 4.79 Å². The van der Waals surface area contributed by atoms with Crippen molar-refractivity contribution in [3.63, 3.8) is 0 Å². The maximum absolute atomic E-state index is 13.6. The zero-order valence-electron chi connectivity index (χ0n) is 20.4. The number of fused-ring (bicyclic) bond motifs is 1. The molecule has 3 saturated heterocycles. The molecular weight excluding hydrogens is 458 g/mol. The summed E-state index contributed by atoms with van der Waals surface area (Å²) < 4.78 is 29.1. The standard InChI is InChI=1S/C23H39N5O5S/c1-16-13-17(33-24-16)15-28-21(29)19-14-18(34(31,32)25-23(2)7-8-23)5-6-20(19)27(22(28)30)12-11-26-9-3-4-10-26/h16-20,24-25H,3-15H2,1-2H3. The number of rotatable bonds is 8. The minimum atomic E-state index is -3.52.